The molecule has 1 saturated heterocycles. The molecule has 1 N–H and O–H groups in total. The minimum Gasteiger partial charge on any atom is -0.298 e. The molecule has 0 unspecified atom stereocenters. The van der Waals surface area contributed by atoms with Crippen LogP contribution in [0.15, 0.2) is 60.2 Å². The lowest BCUT2D eigenvalue weighted by Gasteiger charge is -2.28. The Bertz CT molecular complexity index is 833. The molecule has 1 aliphatic rings. The van der Waals surface area contributed by atoms with Crippen molar-refractivity contribution in [3.05, 3.63) is 70.8 Å². The third-order valence-corrected chi connectivity index (χ3v) is 3.80. The molecule has 114 valence electrons. The summed E-state index contributed by atoms with van der Waals surface area (Å²) in [5.41, 5.74) is 1.26. The van der Waals surface area contributed by atoms with Gasteiger partial charge in [-0.05, 0) is 48.1 Å². The lowest BCUT2D eigenvalue weighted by atomic mass is 10.1. The van der Waals surface area contributed by atoms with Gasteiger partial charge in [0.2, 0.25) is 0 Å². The summed E-state index contributed by atoms with van der Waals surface area (Å²) >= 11 is 11.1. The van der Waals surface area contributed by atoms with E-state index < -0.39 is 11.8 Å². The van der Waals surface area contributed by atoms with Crippen LogP contribution >= 0.6 is 23.8 Å². The molecule has 0 bridgehead atoms. The number of amides is 2. The Morgan fingerprint density at radius 2 is 1.78 bits per heavy atom. The molecule has 0 aliphatic carbocycles. The zero-order valence-corrected chi connectivity index (χ0v) is 13.4. The molecular formula is C17H11ClN2O2S. The summed E-state index contributed by atoms with van der Waals surface area (Å²) in [4.78, 5) is 26.1. The zero-order valence-electron chi connectivity index (χ0n) is 11.8. The lowest BCUT2D eigenvalue weighted by Crippen LogP contribution is -2.54. The third kappa shape index (κ3) is 3.16. The van der Waals surface area contributed by atoms with Gasteiger partial charge in [-0.25, -0.2) is 0 Å². The van der Waals surface area contributed by atoms with Crippen LogP contribution in [0.2, 0.25) is 5.02 Å². The first-order chi connectivity index (χ1) is 11.1. The van der Waals surface area contributed by atoms with Gasteiger partial charge < -0.3 is 0 Å². The summed E-state index contributed by atoms with van der Waals surface area (Å²) in [6.07, 6.45) is 1.50. The number of benzene rings is 2. The summed E-state index contributed by atoms with van der Waals surface area (Å²) < 4.78 is 0. The van der Waals surface area contributed by atoms with Crippen LogP contribution in [-0.4, -0.2) is 16.9 Å². The van der Waals surface area contributed by atoms with Crippen molar-refractivity contribution in [2.24, 2.45) is 0 Å². The van der Waals surface area contributed by atoms with Gasteiger partial charge in [0, 0.05) is 5.02 Å². The maximum atomic E-state index is 12.7. The van der Waals surface area contributed by atoms with Gasteiger partial charge in [-0.1, -0.05) is 41.9 Å². The number of halogens is 1. The topological polar surface area (TPSA) is 49.4 Å². The number of carbonyl (C=O) groups is 2. The molecule has 3 rings (SSSR count). The molecule has 2 aromatic carbocycles. The van der Waals surface area contributed by atoms with E-state index >= 15 is 0 Å². The van der Waals surface area contributed by atoms with Crippen LogP contribution < -0.4 is 10.2 Å². The van der Waals surface area contributed by atoms with Gasteiger partial charge in [-0.15, -0.1) is 0 Å². The van der Waals surface area contributed by atoms with Gasteiger partial charge in [-0.3, -0.25) is 19.8 Å². The number of nitrogens with one attached hydrogen (secondary N) is 1. The molecule has 6 heteroatoms. The predicted molar refractivity (Wildman–Crippen MR) is 94.1 cm³/mol. The van der Waals surface area contributed by atoms with Crippen molar-refractivity contribution >= 4 is 52.5 Å². The van der Waals surface area contributed by atoms with Crippen molar-refractivity contribution in [1.82, 2.24) is 5.32 Å². The Morgan fingerprint density at radius 1 is 1.04 bits per heavy atom. The van der Waals surface area contributed by atoms with Crippen LogP contribution in [0.25, 0.3) is 6.08 Å². The van der Waals surface area contributed by atoms with Gasteiger partial charge in [0.05, 0.1) is 5.69 Å². The van der Waals surface area contributed by atoms with Crippen LogP contribution in [0.3, 0.4) is 0 Å². The summed E-state index contributed by atoms with van der Waals surface area (Å²) in [7, 11) is 0. The van der Waals surface area contributed by atoms with E-state index in [-0.39, 0.29) is 10.7 Å². The number of carbonyl (C=O) groups excluding carboxylic acids is 2. The maximum Gasteiger partial charge on any atom is 0.270 e. The zero-order chi connectivity index (χ0) is 16.4. The Balaban J connectivity index is 2.02. The number of para-hydroxylation sites is 1. The minimum atomic E-state index is -0.521. The van der Waals surface area contributed by atoms with Gasteiger partial charge >= 0.3 is 0 Å². The predicted octanol–water partition coefficient (Wildman–Crippen LogP) is 3.17. The fourth-order valence-corrected chi connectivity index (χ4v) is 2.71. The maximum absolute atomic E-state index is 12.7. The molecule has 0 spiro atoms. The molecule has 0 atom stereocenters. The SMILES string of the molecule is O=C1NC(=S)N(c2ccccc2)C(=O)/C1=C\c1cccc(Cl)c1. The van der Waals surface area contributed by atoms with Crippen LogP contribution in [0.1, 0.15) is 5.56 Å². The van der Waals surface area contributed by atoms with E-state index in [1.165, 1.54) is 11.0 Å². The summed E-state index contributed by atoms with van der Waals surface area (Å²) in [5.74, 6) is -0.989. The molecule has 1 heterocycles. The van der Waals surface area contributed by atoms with Crippen molar-refractivity contribution in [3.63, 3.8) is 0 Å². The normalized spacial score (nSPS) is 16.7. The minimum absolute atomic E-state index is 0.00437. The van der Waals surface area contributed by atoms with E-state index in [4.69, 9.17) is 23.8 Å². The number of hydrogen-bond acceptors (Lipinski definition) is 3. The van der Waals surface area contributed by atoms with Crippen LogP contribution in [0.5, 0.6) is 0 Å². The van der Waals surface area contributed by atoms with E-state index in [1.807, 2.05) is 6.07 Å². The second-order valence-electron chi connectivity index (χ2n) is 4.85. The fourth-order valence-electron chi connectivity index (χ4n) is 2.23. The van der Waals surface area contributed by atoms with Crippen molar-refractivity contribution in [1.29, 1.82) is 0 Å². The monoisotopic (exact) mass is 342 g/mol. The first-order valence-electron chi connectivity index (χ1n) is 6.78. The highest BCUT2D eigenvalue weighted by Crippen LogP contribution is 2.22. The van der Waals surface area contributed by atoms with Gasteiger partial charge in [0.15, 0.2) is 5.11 Å². The first kappa shape index (κ1) is 15.4. The van der Waals surface area contributed by atoms with E-state index in [0.29, 0.717) is 16.3 Å². The highest BCUT2D eigenvalue weighted by Gasteiger charge is 2.34. The Labute approximate surface area is 143 Å². The van der Waals surface area contributed by atoms with E-state index in [9.17, 15) is 9.59 Å². The Kier molecular flexibility index (Phi) is 4.23. The third-order valence-electron chi connectivity index (χ3n) is 3.28. The smallest absolute Gasteiger partial charge is 0.270 e. The second-order valence-corrected chi connectivity index (χ2v) is 5.67. The number of thiocarbonyl (C=S) groups is 1. The highest BCUT2D eigenvalue weighted by molar-refractivity contribution is 7.80. The average molecular weight is 343 g/mol. The molecule has 1 aliphatic heterocycles. The van der Waals surface area contributed by atoms with Crippen molar-refractivity contribution in [2.75, 3.05) is 4.90 Å². The summed E-state index contributed by atoms with van der Waals surface area (Å²) in [5, 5.41) is 3.13. The van der Waals surface area contributed by atoms with E-state index in [0.717, 1.165) is 0 Å². The number of rotatable bonds is 2. The van der Waals surface area contributed by atoms with Crippen LogP contribution in [-0.2, 0) is 9.59 Å². The number of nitrogens with zero attached hydrogens (tertiary/aromatic N) is 1. The van der Waals surface area contributed by atoms with Gasteiger partial charge in [0.25, 0.3) is 11.8 Å². The van der Waals surface area contributed by atoms with Gasteiger partial charge in [-0.2, -0.15) is 0 Å². The highest BCUT2D eigenvalue weighted by atomic mass is 35.5. The van der Waals surface area contributed by atoms with E-state index in [2.05, 4.69) is 5.32 Å². The van der Waals surface area contributed by atoms with Crippen molar-refractivity contribution in [2.45, 2.75) is 0 Å². The molecule has 23 heavy (non-hydrogen) atoms. The van der Waals surface area contributed by atoms with Gasteiger partial charge in [0.1, 0.15) is 5.57 Å². The second kappa shape index (κ2) is 6.32. The van der Waals surface area contributed by atoms with Crippen molar-refractivity contribution in [3.8, 4) is 0 Å². The van der Waals surface area contributed by atoms with E-state index in [1.54, 1.807) is 48.5 Å². The molecule has 0 saturated carbocycles. The summed E-state index contributed by atoms with van der Waals surface area (Å²) in [6, 6.07) is 15.8. The molecule has 0 radical (unpaired) electrons. The number of anilines is 1. The molecule has 4 nitrogen and oxygen atoms in total. The first-order valence-corrected chi connectivity index (χ1v) is 7.57. The van der Waals surface area contributed by atoms with Crippen LogP contribution in [0, 0.1) is 0 Å². The quantitative estimate of drug-likeness (QED) is 0.518. The molecule has 2 aromatic rings. The molecular weight excluding hydrogens is 332 g/mol. The standard InChI is InChI=1S/C17H11ClN2O2S/c18-12-6-4-5-11(9-12)10-14-15(21)19-17(23)20(16(14)22)13-7-2-1-3-8-13/h1-10H,(H,19,21,23)/b14-10-. The fraction of sp³-hybridized carbons (Fsp3) is 0. The average Bonchev–Trinajstić information content (AvgIpc) is 2.52. The Morgan fingerprint density at radius 3 is 2.48 bits per heavy atom. The molecule has 2 amide bonds. The molecule has 0 aromatic heterocycles. The summed E-state index contributed by atoms with van der Waals surface area (Å²) in [6.45, 7) is 0. The molecule has 1 fully saturated rings. The lowest BCUT2D eigenvalue weighted by molar-refractivity contribution is -0.122. The van der Waals surface area contributed by atoms with Crippen molar-refractivity contribution < 1.29 is 9.59 Å². The number of hydrogen-bond donors (Lipinski definition) is 1. The largest absolute Gasteiger partial charge is 0.298 e. The Hall–Kier alpha value is -2.50. The van der Waals surface area contributed by atoms with Crippen LogP contribution in [0.4, 0.5) is 5.69 Å².